The predicted octanol–water partition coefficient (Wildman–Crippen LogP) is 12.3. The van der Waals surface area contributed by atoms with Gasteiger partial charge in [0, 0.05) is 38.1 Å². The van der Waals surface area contributed by atoms with Crippen LogP contribution in [0.5, 0.6) is 0 Å². The van der Waals surface area contributed by atoms with Crippen molar-refractivity contribution in [3.63, 3.8) is 0 Å². The molecule has 0 bridgehead atoms. The monoisotopic (exact) mass is 637 g/mol. The Bertz CT molecular complexity index is 3150. The third-order valence-electron chi connectivity index (χ3n) is 10.2. The Hall–Kier alpha value is -6.78. The Kier molecular flexibility index (Phi) is 5.63. The molecule has 0 atom stereocenters. The van der Waals surface area contributed by atoms with Gasteiger partial charge < -0.3 is 4.42 Å². The summed E-state index contributed by atoms with van der Waals surface area (Å²) in [4.78, 5) is 10.7. The summed E-state index contributed by atoms with van der Waals surface area (Å²) in [6.07, 6.45) is 0. The number of nitrogens with zero attached hydrogens (tertiary/aromatic N) is 3. The molecule has 0 unspecified atom stereocenters. The maximum atomic E-state index is 6.39. The van der Waals surface area contributed by atoms with Gasteiger partial charge >= 0.3 is 0 Å². The van der Waals surface area contributed by atoms with E-state index in [1.165, 1.54) is 26.9 Å². The topological polar surface area (TPSA) is 43.9 Å². The van der Waals surface area contributed by atoms with Crippen molar-refractivity contribution in [2.45, 2.75) is 0 Å². The van der Waals surface area contributed by atoms with Crippen molar-refractivity contribution in [3.05, 3.63) is 164 Å². The molecule has 0 fully saturated rings. The van der Waals surface area contributed by atoms with Crippen molar-refractivity contribution < 1.29 is 4.42 Å². The number of benzene rings is 8. The minimum Gasteiger partial charge on any atom is -0.456 e. The third-order valence-corrected chi connectivity index (χ3v) is 10.2. The molecule has 11 aromatic rings. The maximum Gasteiger partial charge on any atom is 0.235 e. The van der Waals surface area contributed by atoms with Crippen molar-refractivity contribution in [1.82, 2.24) is 14.5 Å². The number of hydrogen-bond acceptors (Lipinski definition) is 3. The van der Waals surface area contributed by atoms with Crippen LogP contribution in [0.4, 0.5) is 0 Å². The Balaban J connectivity index is 1.27. The molecule has 4 nitrogen and oxygen atoms in total. The van der Waals surface area contributed by atoms with Gasteiger partial charge in [-0.3, -0.25) is 4.57 Å². The van der Waals surface area contributed by atoms with Crippen LogP contribution in [0.15, 0.2) is 168 Å². The number of hydrogen-bond donors (Lipinski definition) is 0. The van der Waals surface area contributed by atoms with E-state index in [4.69, 9.17) is 14.4 Å². The first kappa shape index (κ1) is 27.2. The second-order valence-corrected chi connectivity index (χ2v) is 13.0. The van der Waals surface area contributed by atoms with Crippen molar-refractivity contribution in [3.8, 4) is 28.3 Å². The SMILES string of the molecule is c1ccc(-c2nc(-n3c4cc5ccccc5cc4c4cccc(-c5ccc6oc7ccc8ccccc8c7c6c5)c43)nc3ccccc23)cc1. The highest BCUT2D eigenvalue weighted by molar-refractivity contribution is 6.21. The van der Waals surface area contributed by atoms with Crippen LogP contribution >= 0.6 is 0 Å². The summed E-state index contributed by atoms with van der Waals surface area (Å²) in [5.41, 5.74) is 9.01. The van der Waals surface area contributed by atoms with Gasteiger partial charge in [0.1, 0.15) is 11.2 Å². The van der Waals surface area contributed by atoms with Gasteiger partial charge in [-0.15, -0.1) is 0 Å². The van der Waals surface area contributed by atoms with Crippen LogP contribution in [0.25, 0.3) is 105 Å². The number of furan rings is 1. The summed E-state index contributed by atoms with van der Waals surface area (Å²) in [7, 11) is 0. The molecule has 3 heterocycles. The van der Waals surface area contributed by atoms with E-state index in [-0.39, 0.29) is 0 Å². The number of fused-ring (bicyclic) bond motifs is 10. The molecular weight excluding hydrogens is 611 g/mol. The van der Waals surface area contributed by atoms with Crippen molar-refractivity contribution >= 4 is 76.2 Å². The molecule has 232 valence electrons. The van der Waals surface area contributed by atoms with Gasteiger partial charge in [0.25, 0.3) is 0 Å². The molecule has 0 radical (unpaired) electrons. The number of rotatable bonds is 3. The summed E-state index contributed by atoms with van der Waals surface area (Å²) in [6.45, 7) is 0. The second kappa shape index (κ2) is 10.4. The minimum atomic E-state index is 0.645. The molecule has 4 heteroatoms. The fourth-order valence-corrected chi connectivity index (χ4v) is 7.89. The Morgan fingerprint density at radius 3 is 2.04 bits per heavy atom. The van der Waals surface area contributed by atoms with E-state index >= 15 is 0 Å². The molecular formula is C46H27N3O. The highest BCUT2D eigenvalue weighted by atomic mass is 16.3. The molecule has 0 saturated carbocycles. The normalized spacial score (nSPS) is 12.0. The Labute approximate surface area is 286 Å². The third kappa shape index (κ3) is 3.93. The van der Waals surface area contributed by atoms with E-state index in [2.05, 4.69) is 156 Å². The average Bonchev–Trinajstić information content (AvgIpc) is 3.72. The fourth-order valence-electron chi connectivity index (χ4n) is 7.89. The molecule has 50 heavy (non-hydrogen) atoms. The van der Waals surface area contributed by atoms with E-state index in [0.717, 1.165) is 71.6 Å². The lowest BCUT2D eigenvalue weighted by Crippen LogP contribution is -2.04. The molecule has 0 N–H and O–H groups in total. The zero-order chi connectivity index (χ0) is 32.8. The number of aromatic nitrogens is 3. The molecule has 0 aliphatic heterocycles. The average molecular weight is 638 g/mol. The van der Waals surface area contributed by atoms with Crippen molar-refractivity contribution in [2.24, 2.45) is 0 Å². The van der Waals surface area contributed by atoms with Gasteiger partial charge in [-0.2, -0.15) is 0 Å². The molecule has 0 spiro atoms. The minimum absolute atomic E-state index is 0.645. The van der Waals surface area contributed by atoms with Crippen LogP contribution in [0.1, 0.15) is 0 Å². The Morgan fingerprint density at radius 2 is 1.16 bits per heavy atom. The molecule has 0 amide bonds. The molecule has 0 saturated heterocycles. The molecule has 0 aliphatic carbocycles. The van der Waals surface area contributed by atoms with Crippen LogP contribution in [-0.2, 0) is 0 Å². The van der Waals surface area contributed by atoms with E-state index < -0.39 is 0 Å². The standard InChI is InChI=1S/C46H27N3O/c1-2-12-29(13-3-1)44-36-17-8-9-20-39(36)47-46(48-44)49-40-27-31-15-5-4-14-30(31)25-37(40)35-19-10-18-34(45(35)49)32-22-23-41-38(26-32)43-33-16-7-6-11-28(33)21-24-42(43)50-41/h1-27H. The van der Waals surface area contributed by atoms with Gasteiger partial charge in [0.15, 0.2) is 0 Å². The second-order valence-electron chi connectivity index (χ2n) is 13.0. The summed E-state index contributed by atoms with van der Waals surface area (Å²) in [5.74, 6) is 0.645. The zero-order valence-electron chi connectivity index (χ0n) is 26.8. The van der Waals surface area contributed by atoms with Crippen LogP contribution < -0.4 is 0 Å². The highest BCUT2D eigenvalue weighted by Gasteiger charge is 2.21. The van der Waals surface area contributed by atoms with E-state index in [0.29, 0.717) is 5.95 Å². The molecule has 11 rings (SSSR count). The van der Waals surface area contributed by atoms with Gasteiger partial charge in [0.05, 0.1) is 22.2 Å². The van der Waals surface area contributed by atoms with Gasteiger partial charge in [-0.25, -0.2) is 9.97 Å². The lowest BCUT2D eigenvalue weighted by Gasteiger charge is -2.14. The van der Waals surface area contributed by atoms with Crippen LogP contribution in [0.3, 0.4) is 0 Å². The smallest absolute Gasteiger partial charge is 0.235 e. The van der Waals surface area contributed by atoms with Crippen molar-refractivity contribution in [2.75, 3.05) is 0 Å². The highest BCUT2D eigenvalue weighted by Crippen LogP contribution is 2.42. The van der Waals surface area contributed by atoms with Gasteiger partial charge in [0.2, 0.25) is 5.95 Å². The quantitative estimate of drug-likeness (QED) is 0.194. The fraction of sp³-hybridized carbons (Fsp3) is 0. The lowest BCUT2D eigenvalue weighted by atomic mass is 9.98. The van der Waals surface area contributed by atoms with Gasteiger partial charge in [-0.05, 0) is 63.5 Å². The molecule has 8 aromatic carbocycles. The van der Waals surface area contributed by atoms with Crippen LogP contribution in [0, 0.1) is 0 Å². The Morgan fingerprint density at radius 1 is 0.440 bits per heavy atom. The van der Waals surface area contributed by atoms with E-state index in [1.54, 1.807) is 0 Å². The number of para-hydroxylation sites is 2. The molecule has 3 aromatic heterocycles. The van der Waals surface area contributed by atoms with Crippen LogP contribution in [0.2, 0.25) is 0 Å². The van der Waals surface area contributed by atoms with E-state index in [9.17, 15) is 0 Å². The predicted molar refractivity (Wildman–Crippen MR) is 207 cm³/mol. The summed E-state index contributed by atoms with van der Waals surface area (Å²) < 4.78 is 8.67. The first-order valence-electron chi connectivity index (χ1n) is 16.9. The first-order chi connectivity index (χ1) is 24.8. The van der Waals surface area contributed by atoms with E-state index in [1.807, 2.05) is 12.1 Å². The summed E-state index contributed by atoms with van der Waals surface area (Å²) in [5, 5.41) is 10.4. The largest absolute Gasteiger partial charge is 0.456 e. The van der Waals surface area contributed by atoms with Crippen LogP contribution in [-0.4, -0.2) is 14.5 Å². The summed E-state index contributed by atoms with van der Waals surface area (Å²) >= 11 is 0. The van der Waals surface area contributed by atoms with Gasteiger partial charge in [-0.1, -0.05) is 127 Å². The summed E-state index contributed by atoms with van der Waals surface area (Å²) in [6, 6.07) is 57.8. The van der Waals surface area contributed by atoms with Crippen molar-refractivity contribution in [1.29, 1.82) is 0 Å². The molecule has 0 aliphatic rings. The lowest BCUT2D eigenvalue weighted by molar-refractivity contribution is 0.669. The zero-order valence-corrected chi connectivity index (χ0v) is 26.8. The maximum absolute atomic E-state index is 6.39. The first-order valence-corrected chi connectivity index (χ1v) is 16.9.